The number of aromatic nitrogens is 2. The molecule has 0 N–H and O–H groups in total. The van der Waals surface area contributed by atoms with Crippen LogP contribution < -0.4 is 4.43 Å². The van der Waals surface area contributed by atoms with Crippen molar-refractivity contribution in [2.45, 2.75) is 26.2 Å². The van der Waals surface area contributed by atoms with Crippen LogP contribution in [0.15, 0.2) is 60.7 Å². The first kappa shape index (κ1) is 16.4. The summed E-state index contributed by atoms with van der Waals surface area (Å²) in [5.41, 5.74) is 4.46. The maximum Gasteiger partial charge on any atom is 0.341 e. The van der Waals surface area contributed by atoms with Gasteiger partial charge in [0.15, 0.2) is 0 Å². The fourth-order valence-electron chi connectivity index (χ4n) is 2.70. The SMILES string of the molecule is CC(C)(C)c1nnc(-c2ccccc2)c(O[Si])c1-c1ccccc1. The van der Waals surface area contributed by atoms with E-state index in [9.17, 15) is 0 Å². The Balaban J connectivity index is 2.34. The Morgan fingerprint density at radius 2 is 1.33 bits per heavy atom. The van der Waals surface area contributed by atoms with Crippen molar-refractivity contribution in [2.75, 3.05) is 0 Å². The van der Waals surface area contributed by atoms with E-state index >= 15 is 0 Å². The molecular formula is C20H19N2OSi. The summed E-state index contributed by atoms with van der Waals surface area (Å²) < 4.78 is 5.62. The second kappa shape index (κ2) is 6.57. The van der Waals surface area contributed by atoms with Gasteiger partial charge in [-0.25, -0.2) is 0 Å². The standard InChI is InChI=1S/C20H19N2OSi/c1-20(2,3)19-16(14-10-6-4-7-11-14)18(23-24)17(21-22-19)15-12-8-5-9-13-15/h4-13H,1-3H3. The van der Waals surface area contributed by atoms with Crippen LogP contribution in [0.1, 0.15) is 26.5 Å². The molecular weight excluding hydrogens is 312 g/mol. The molecule has 0 fully saturated rings. The maximum atomic E-state index is 5.62. The Bertz CT molecular complexity index is 828. The van der Waals surface area contributed by atoms with E-state index in [2.05, 4.69) is 53.6 Å². The van der Waals surface area contributed by atoms with Crippen LogP contribution in [0.4, 0.5) is 0 Å². The van der Waals surface area contributed by atoms with E-state index in [-0.39, 0.29) is 5.41 Å². The smallest absolute Gasteiger partial charge is 0.341 e. The van der Waals surface area contributed by atoms with Crippen LogP contribution in [-0.2, 0) is 5.41 Å². The number of rotatable bonds is 3. The zero-order chi connectivity index (χ0) is 17.2. The molecule has 0 saturated carbocycles. The van der Waals surface area contributed by atoms with Gasteiger partial charge in [0.05, 0.1) is 5.69 Å². The number of hydrogen-bond donors (Lipinski definition) is 0. The average Bonchev–Trinajstić information content (AvgIpc) is 2.61. The van der Waals surface area contributed by atoms with Gasteiger partial charge in [0, 0.05) is 16.5 Å². The van der Waals surface area contributed by atoms with E-state index in [1.54, 1.807) is 0 Å². The zero-order valence-electron chi connectivity index (χ0n) is 14.1. The molecule has 0 aliphatic heterocycles. The van der Waals surface area contributed by atoms with Crippen molar-refractivity contribution in [3.63, 3.8) is 0 Å². The minimum Gasteiger partial charge on any atom is -0.538 e. The third-order valence-electron chi connectivity index (χ3n) is 3.85. The molecule has 3 rings (SSSR count). The van der Waals surface area contributed by atoms with Gasteiger partial charge in [0.25, 0.3) is 0 Å². The van der Waals surface area contributed by atoms with Gasteiger partial charge >= 0.3 is 10.5 Å². The first-order chi connectivity index (χ1) is 11.5. The molecule has 3 nitrogen and oxygen atoms in total. The Labute approximate surface area is 146 Å². The summed E-state index contributed by atoms with van der Waals surface area (Å²) in [4.78, 5) is 0. The van der Waals surface area contributed by atoms with Crippen molar-refractivity contribution in [1.29, 1.82) is 0 Å². The highest BCUT2D eigenvalue weighted by atomic mass is 28.2. The van der Waals surface area contributed by atoms with Gasteiger partial charge in [-0.1, -0.05) is 81.4 Å². The molecule has 0 amide bonds. The first-order valence-electron chi connectivity index (χ1n) is 7.88. The van der Waals surface area contributed by atoms with Crippen molar-refractivity contribution >= 4 is 10.5 Å². The summed E-state index contributed by atoms with van der Waals surface area (Å²) in [7, 11) is 3.24. The summed E-state index contributed by atoms with van der Waals surface area (Å²) >= 11 is 0. The number of hydrogen-bond acceptors (Lipinski definition) is 3. The second-order valence-electron chi connectivity index (χ2n) is 6.69. The quantitative estimate of drug-likeness (QED) is 0.659. The number of nitrogens with zero attached hydrogens (tertiary/aromatic N) is 2. The first-order valence-corrected chi connectivity index (χ1v) is 8.29. The largest absolute Gasteiger partial charge is 0.538 e. The lowest BCUT2D eigenvalue weighted by Gasteiger charge is -2.24. The topological polar surface area (TPSA) is 35.0 Å². The predicted molar refractivity (Wildman–Crippen MR) is 98.0 cm³/mol. The lowest BCUT2D eigenvalue weighted by Crippen LogP contribution is -2.17. The molecule has 3 radical (unpaired) electrons. The van der Waals surface area contributed by atoms with Crippen LogP contribution in [0, 0.1) is 0 Å². The van der Waals surface area contributed by atoms with Gasteiger partial charge in [0.2, 0.25) is 0 Å². The lowest BCUT2D eigenvalue weighted by atomic mass is 9.85. The van der Waals surface area contributed by atoms with Crippen molar-refractivity contribution in [3.8, 4) is 28.1 Å². The maximum absolute atomic E-state index is 5.62. The number of benzene rings is 2. The second-order valence-corrected chi connectivity index (χ2v) is 6.89. The van der Waals surface area contributed by atoms with Gasteiger partial charge in [-0.15, -0.1) is 5.10 Å². The van der Waals surface area contributed by atoms with Crippen molar-refractivity contribution in [2.24, 2.45) is 0 Å². The molecule has 0 saturated heterocycles. The van der Waals surface area contributed by atoms with Crippen molar-refractivity contribution in [3.05, 3.63) is 66.4 Å². The van der Waals surface area contributed by atoms with Gasteiger partial charge in [0.1, 0.15) is 11.4 Å². The van der Waals surface area contributed by atoms with Crippen LogP contribution in [-0.4, -0.2) is 20.7 Å². The molecule has 119 valence electrons. The van der Waals surface area contributed by atoms with Crippen LogP contribution in [0.2, 0.25) is 0 Å². The molecule has 0 unspecified atom stereocenters. The molecule has 0 aliphatic rings. The van der Waals surface area contributed by atoms with Crippen molar-refractivity contribution < 1.29 is 4.43 Å². The summed E-state index contributed by atoms with van der Waals surface area (Å²) in [6, 6.07) is 20.1. The monoisotopic (exact) mass is 331 g/mol. The molecule has 0 aliphatic carbocycles. The molecule has 3 aromatic rings. The Morgan fingerprint density at radius 3 is 1.83 bits per heavy atom. The van der Waals surface area contributed by atoms with E-state index in [1.807, 2.05) is 48.5 Å². The molecule has 2 aromatic carbocycles. The van der Waals surface area contributed by atoms with Crippen molar-refractivity contribution in [1.82, 2.24) is 10.2 Å². The van der Waals surface area contributed by atoms with Gasteiger partial charge in [-0.3, -0.25) is 0 Å². The highest BCUT2D eigenvalue weighted by Crippen LogP contribution is 2.42. The zero-order valence-corrected chi connectivity index (χ0v) is 15.1. The van der Waals surface area contributed by atoms with Gasteiger partial charge < -0.3 is 4.43 Å². The minimum atomic E-state index is -0.160. The van der Waals surface area contributed by atoms with Crippen LogP contribution in [0.5, 0.6) is 5.75 Å². The van der Waals surface area contributed by atoms with E-state index in [0.29, 0.717) is 5.75 Å². The third-order valence-corrected chi connectivity index (χ3v) is 4.06. The third kappa shape index (κ3) is 3.10. The van der Waals surface area contributed by atoms with E-state index < -0.39 is 0 Å². The molecule has 4 heteroatoms. The van der Waals surface area contributed by atoms with Gasteiger partial charge in [-0.2, -0.15) is 5.10 Å². The fourth-order valence-corrected chi connectivity index (χ4v) is 2.90. The van der Waals surface area contributed by atoms with E-state index in [0.717, 1.165) is 28.1 Å². The Hall–Kier alpha value is -2.46. The van der Waals surface area contributed by atoms with Crippen LogP contribution >= 0.6 is 0 Å². The molecule has 1 heterocycles. The molecule has 24 heavy (non-hydrogen) atoms. The highest BCUT2D eigenvalue weighted by molar-refractivity contribution is 6.02. The Kier molecular flexibility index (Phi) is 4.49. The van der Waals surface area contributed by atoms with E-state index in [4.69, 9.17) is 4.43 Å². The molecule has 1 aromatic heterocycles. The van der Waals surface area contributed by atoms with E-state index in [1.165, 1.54) is 0 Å². The Morgan fingerprint density at radius 1 is 0.792 bits per heavy atom. The minimum absolute atomic E-state index is 0.160. The normalized spacial score (nSPS) is 11.3. The predicted octanol–water partition coefficient (Wildman–Crippen LogP) is 4.57. The molecule has 0 bridgehead atoms. The van der Waals surface area contributed by atoms with Crippen LogP contribution in [0.3, 0.4) is 0 Å². The van der Waals surface area contributed by atoms with Crippen LogP contribution in [0.25, 0.3) is 22.4 Å². The van der Waals surface area contributed by atoms with Gasteiger partial charge in [-0.05, 0) is 5.56 Å². The lowest BCUT2D eigenvalue weighted by molar-refractivity contribution is 0.547. The average molecular weight is 331 g/mol. The summed E-state index contributed by atoms with van der Waals surface area (Å²) in [6.45, 7) is 6.38. The highest BCUT2D eigenvalue weighted by Gasteiger charge is 2.27. The summed E-state index contributed by atoms with van der Waals surface area (Å²) in [5, 5.41) is 9.03. The summed E-state index contributed by atoms with van der Waals surface area (Å²) in [6.07, 6.45) is 0. The summed E-state index contributed by atoms with van der Waals surface area (Å²) in [5.74, 6) is 0.684. The molecule has 0 atom stereocenters. The molecule has 0 spiro atoms. The fraction of sp³-hybridized carbons (Fsp3) is 0.200.